The van der Waals surface area contributed by atoms with E-state index in [2.05, 4.69) is 6.92 Å². The number of hydrogen-bond donors (Lipinski definition) is 0. The first-order valence-corrected chi connectivity index (χ1v) is 11.6. The zero-order chi connectivity index (χ0) is 19.4. The van der Waals surface area contributed by atoms with Crippen LogP contribution in [0.2, 0.25) is 0 Å². The van der Waals surface area contributed by atoms with Gasteiger partial charge in [0, 0.05) is 30.4 Å². The zero-order valence-corrected chi connectivity index (χ0v) is 17.7. The molecule has 0 aromatic heterocycles. The van der Waals surface area contributed by atoms with E-state index < -0.39 is 0 Å². The number of allylic oxidation sites excluding steroid dienone is 1. The van der Waals surface area contributed by atoms with Gasteiger partial charge >= 0.3 is 0 Å². The molecule has 3 fully saturated rings. The number of rotatable bonds is 3. The molecule has 3 nitrogen and oxygen atoms in total. The van der Waals surface area contributed by atoms with Crippen molar-refractivity contribution in [1.82, 2.24) is 0 Å². The monoisotopic (exact) mass is 388 g/mol. The Morgan fingerprint density at radius 1 is 1.07 bits per heavy atom. The van der Waals surface area contributed by atoms with Crippen molar-refractivity contribution in [3.05, 3.63) is 11.6 Å². The first kappa shape index (κ1) is 19.4. The Hall–Kier alpha value is -0.900. The highest BCUT2D eigenvalue weighted by Crippen LogP contribution is 2.67. The lowest BCUT2D eigenvalue weighted by atomic mass is 9.46. The van der Waals surface area contributed by atoms with E-state index in [-0.39, 0.29) is 27.6 Å². The highest BCUT2D eigenvalue weighted by atomic mass is 32.2. The van der Waals surface area contributed by atoms with Gasteiger partial charge in [-0.3, -0.25) is 14.4 Å². The van der Waals surface area contributed by atoms with Gasteiger partial charge in [-0.05, 0) is 81.1 Å². The number of carbonyl (C=O) groups is 3. The molecule has 0 saturated heterocycles. The zero-order valence-electron chi connectivity index (χ0n) is 16.9. The minimum atomic E-state index is 0.0306. The van der Waals surface area contributed by atoms with Gasteiger partial charge in [-0.1, -0.05) is 24.3 Å². The summed E-state index contributed by atoms with van der Waals surface area (Å²) in [6, 6.07) is 0. The molecule has 0 spiro atoms. The van der Waals surface area contributed by atoms with Crippen LogP contribution in [-0.4, -0.2) is 22.4 Å². The molecule has 4 rings (SSSR count). The minimum absolute atomic E-state index is 0.0306. The van der Waals surface area contributed by atoms with Crippen molar-refractivity contribution in [2.75, 3.05) is 5.75 Å². The maximum Gasteiger partial charge on any atom is 0.185 e. The smallest absolute Gasteiger partial charge is 0.185 e. The van der Waals surface area contributed by atoms with Gasteiger partial charge in [-0.25, -0.2) is 0 Å². The highest BCUT2D eigenvalue weighted by Gasteiger charge is 2.60. The van der Waals surface area contributed by atoms with E-state index in [0.29, 0.717) is 30.0 Å². The van der Waals surface area contributed by atoms with Gasteiger partial charge in [-0.2, -0.15) is 0 Å². The summed E-state index contributed by atoms with van der Waals surface area (Å²) in [7, 11) is 0. The molecule has 4 aliphatic carbocycles. The predicted octanol–water partition coefficient (Wildman–Crippen LogP) is 4.98. The van der Waals surface area contributed by atoms with Crippen LogP contribution in [-0.2, 0) is 14.4 Å². The van der Waals surface area contributed by atoms with Crippen LogP contribution in [0, 0.1) is 34.5 Å². The molecule has 3 saturated carbocycles. The first-order valence-electron chi connectivity index (χ1n) is 10.7. The Bertz CT molecular complexity index is 710. The number of thioether (sulfide) groups is 1. The van der Waals surface area contributed by atoms with Crippen LogP contribution in [0.1, 0.15) is 72.1 Å². The van der Waals surface area contributed by atoms with Gasteiger partial charge in [0.15, 0.2) is 10.9 Å². The fourth-order valence-electron chi connectivity index (χ4n) is 7.53. The largest absolute Gasteiger partial charge is 0.300 e. The highest BCUT2D eigenvalue weighted by molar-refractivity contribution is 8.13. The van der Waals surface area contributed by atoms with E-state index in [1.165, 1.54) is 23.8 Å². The Kier molecular flexibility index (Phi) is 4.93. The standard InChI is InChI=1S/C23H32O3S/c1-14(24)19-6-7-20-18-5-4-16-12-17(26)8-11-23(16,13-27-15(2)25)21(18)9-10-22(19,20)3/h12,18-21H,4-11,13H2,1-3H3/t18?,19?,20-,21?,22+,23?/m0/s1. The molecule has 0 aliphatic heterocycles. The molecule has 0 amide bonds. The SMILES string of the molecule is CC(=O)SCC12CCC(=O)C=C1CCC1C2CC[C@]2(C)C(C(C)=O)CC[C@@H]12. The third kappa shape index (κ3) is 2.97. The summed E-state index contributed by atoms with van der Waals surface area (Å²) in [5.41, 5.74) is 1.52. The fourth-order valence-corrected chi connectivity index (χ4v) is 8.53. The van der Waals surface area contributed by atoms with Gasteiger partial charge in [0.25, 0.3) is 0 Å². The van der Waals surface area contributed by atoms with Crippen molar-refractivity contribution in [2.45, 2.75) is 72.1 Å². The van der Waals surface area contributed by atoms with E-state index in [4.69, 9.17) is 0 Å². The lowest BCUT2D eigenvalue weighted by Gasteiger charge is -2.59. The van der Waals surface area contributed by atoms with Crippen LogP contribution < -0.4 is 0 Å². The topological polar surface area (TPSA) is 51.2 Å². The van der Waals surface area contributed by atoms with Crippen LogP contribution in [0.15, 0.2) is 11.6 Å². The number of Topliss-reactive ketones (excluding diaryl/α,β-unsaturated/α-hetero) is 1. The molecule has 0 aromatic carbocycles. The molecule has 148 valence electrons. The van der Waals surface area contributed by atoms with E-state index in [9.17, 15) is 14.4 Å². The van der Waals surface area contributed by atoms with Crippen molar-refractivity contribution in [1.29, 1.82) is 0 Å². The molecule has 0 N–H and O–H groups in total. The van der Waals surface area contributed by atoms with Crippen molar-refractivity contribution in [3.63, 3.8) is 0 Å². The summed E-state index contributed by atoms with van der Waals surface area (Å²) in [5.74, 6) is 3.55. The van der Waals surface area contributed by atoms with Crippen molar-refractivity contribution < 1.29 is 14.4 Å². The minimum Gasteiger partial charge on any atom is -0.300 e. The van der Waals surface area contributed by atoms with Crippen LogP contribution >= 0.6 is 11.8 Å². The number of fused-ring (bicyclic) bond motifs is 5. The molecule has 4 aliphatic rings. The Balaban J connectivity index is 1.68. The molecule has 0 radical (unpaired) electrons. The first-order chi connectivity index (χ1) is 12.8. The van der Waals surface area contributed by atoms with Gasteiger partial charge in [0.05, 0.1) is 0 Å². The van der Waals surface area contributed by atoms with Crippen LogP contribution in [0.5, 0.6) is 0 Å². The molecule has 6 atom stereocenters. The van der Waals surface area contributed by atoms with Crippen molar-refractivity contribution >= 4 is 28.4 Å². The summed E-state index contributed by atoms with van der Waals surface area (Å²) < 4.78 is 0. The van der Waals surface area contributed by atoms with E-state index in [1.807, 2.05) is 6.08 Å². The molecular formula is C23H32O3S. The second-order valence-electron chi connectivity index (χ2n) is 9.77. The third-order valence-corrected chi connectivity index (χ3v) is 9.78. The summed E-state index contributed by atoms with van der Waals surface area (Å²) in [5, 5.41) is 0.181. The van der Waals surface area contributed by atoms with Crippen molar-refractivity contribution in [3.8, 4) is 0 Å². The Labute approximate surface area is 167 Å². The fraction of sp³-hybridized carbons (Fsp3) is 0.783. The lowest BCUT2D eigenvalue weighted by molar-refractivity contribution is -0.128. The molecule has 4 heteroatoms. The second-order valence-corrected chi connectivity index (χ2v) is 10.9. The Morgan fingerprint density at radius 2 is 1.85 bits per heavy atom. The summed E-state index contributed by atoms with van der Waals surface area (Å²) in [4.78, 5) is 36.2. The van der Waals surface area contributed by atoms with E-state index >= 15 is 0 Å². The van der Waals surface area contributed by atoms with Crippen LogP contribution in [0.25, 0.3) is 0 Å². The maximum atomic E-state index is 12.3. The summed E-state index contributed by atoms with van der Waals surface area (Å²) in [6.45, 7) is 5.81. The number of hydrogen-bond acceptors (Lipinski definition) is 4. The number of ketones is 2. The normalized spacial score (nSPS) is 43.4. The van der Waals surface area contributed by atoms with Gasteiger partial charge in [-0.15, -0.1) is 0 Å². The maximum absolute atomic E-state index is 12.3. The molecule has 0 heterocycles. The van der Waals surface area contributed by atoms with Crippen molar-refractivity contribution in [2.24, 2.45) is 34.5 Å². The van der Waals surface area contributed by atoms with E-state index in [1.54, 1.807) is 13.8 Å². The Morgan fingerprint density at radius 3 is 2.56 bits per heavy atom. The van der Waals surface area contributed by atoms with E-state index in [0.717, 1.165) is 44.3 Å². The number of carbonyl (C=O) groups excluding carboxylic acids is 3. The lowest BCUT2D eigenvalue weighted by Crippen LogP contribution is -2.53. The van der Waals surface area contributed by atoms with Crippen LogP contribution in [0.3, 0.4) is 0 Å². The third-order valence-electron chi connectivity index (χ3n) is 8.71. The quantitative estimate of drug-likeness (QED) is 0.684. The molecule has 0 bridgehead atoms. The van der Waals surface area contributed by atoms with Gasteiger partial charge < -0.3 is 0 Å². The average Bonchev–Trinajstić information content (AvgIpc) is 2.97. The molecule has 0 aromatic rings. The van der Waals surface area contributed by atoms with Gasteiger partial charge in [0.2, 0.25) is 0 Å². The molecular weight excluding hydrogens is 356 g/mol. The van der Waals surface area contributed by atoms with Crippen LogP contribution in [0.4, 0.5) is 0 Å². The summed E-state index contributed by atoms with van der Waals surface area (Å²) in [6.07, 6.45) is 10.1. The molecule has 27 heavy (non-hydrogen) atoms. The molecule has 4 unspecified atom stereocenters. The van der Waals surface area contributed by atoms with Gasteiger partial charge in [0.1, 0.15) is 5.78 Å². The average molecular weight is 389 g/mol. The second kappa shape index (κ2) is 6.86. The summed E-state index contributed by atoms with van der Waals surface area (Å²) >= 11 is 1.46. The predicted molar refractivity (Wildman–Crippen MR) is 108 cm³/mol.